The first kappa shape index (κ1) is 24.4. The first-order valence-electron chi connectivity index (χ1n) is 11.3. The van der Waals surface area contributed by atoms with Crippen molar-refractivity contribution in [2.45, 2.75) is 37.4 Å². The normalized spacial score (nSPS) is 13.9. The van der Waals surface area contributed by atoms with Crippen molar-refractivity contribution in [2.75, 3.05) is 19.4 Å². The average molecular weight is 495 g/mol. The van der Waals surface area contributed by atoms with Gasteiger partial charge < -0.3 is 9.64 Å². The third kappa shape index (κ3) is 6.24. The summed E-state index contributed by atoms with van der Waals surface area (Å²) in [5.74, 6) is 0.873. The second-order valence-corrected chi connectivity index (χ2v) is 8.89. The van der Waals surface area contributed by atoms with E-state index in [0.717, 1.165) is 31.0 Å². The minimum atomic E-state index is -0.496. The minimum absolute atomic E-state index is 0.0461. The van der Waals surface area contributed by atoms with Gasteiger partial charge in [-0.05, 0) is 49.2 Å². The lowest BCUT2D eigenvalue weighted by molar-refractivity contribution is -0.131. The van der Waals surface area contributed by atoms with Crippen molar-refractivity contribution >= 4 is 29.5 Å². The van der Waals surface area contributed by atoms with E-state index in [4.69, 9.17) is 4.74 Å². The maximum atomic E-state index is 12.5. The number of pyridine rings is 1. The van der Waals surface area contributed by atoms with Gasteiger partial charge in [-0.1, -0.05) is 24.2 Å². The zero-order valence-electron chi connectivity index (χ0n) is 19.3. The van der Waals surface area contributed by atoms with Gasteiger partial charge in [-0.15, -0.1) is 10.2 Å². The van der Waals surface area contributed by atoms with Crippen molar-refractivity contribution < 1.29 is 19.1 Å². The predicted octanol–water partition coefficient (Wildman–Crippen LogP) is 2.62. The Morgan fingerprint density at radius 3 is 2.66 bits per heavy atom. The van der Waals surface area contributed by atoms with Crippen molar-refractivity contribution in [3.8, 4) is 11.6 Å². The molecule has 3 heterocycles. The molecule has 1 aromatic carbocycles. The van der Waals surface area contributed by atoms with Crippen LogP contribution in [0.2, 0.25) is 0 Å². The van der Waals surface area contributed by atoms with Gasteiger partial charge in [0.15, 0.2) is 11.0 Å². The molecule has 35 heavy (non-hydrogen) atoms. The molecular weight excluding hydrogens is 468 g/mol. The number of nitrogens with zero attached hydrogens (tertiary/aromatic N) is 5. The SMILES string of the molecule is COc1ccc(C(=O)NC(=O)CSc2nnc(CN3CCCCCC3=O)n2-c2ccccn2)cc1. The smallest absolute Gasteiger partial charge is 0.257 e. The van der Waals surface area contributed by atoms with E-state index >= 15 is 0 Å². The second-order valence-electron chi connectivity index (χ2n) is 7.94. The average Bonchev–Trinajstić information content (AvgIpc) is 3.17. The Hall–Kier alpha value is -3.73. The first-order valence-corrected chi connectivity index (χ1v) is 12.3. The summed E-state index contributed by atoms with van der Waals surface area (Å²) in [4.78, 5) is 43.5. The predicted molar refractivity (Wildman–Crippen MR) is 129 cm³/mol. The number of amides is 3. The van der Waals surface area contributed by atoms with Crippen LogP contribution in [0.1, 0.15) is 41.9 Å². The molecule has 2 aromatic heterocycles. The van der Waals surface area contributed by atoms with Gasteiger partial charge in [-0.3, -0.25) is 24.3 Å². The highest BCUT2D eigenvalue weighted by Crippen LogP contribution is 2.23. The number of aromatic nitrogens is 4. The van der Waals surface area contributed by atoms with Crippen LogP contribution >= 0.6 is 11.8 Å². The third-order valence-corrected chi connectivity index (χ3v) is 6.45. The van der Waals surface area contributed by atoms with Crippen LogP contribution in [-0.4, -0.2) is 61.8 Å². The zero-order valence-corrected chi connectivity index (χ0v) is 20.2. The summed E-state index contributed by atoms with van der Waals surface area (Å²) in [6.45, 7) is 0.984. The number of imide groups is 1. The lowest BCUT2D eigenvalue weighted by Gasteiger charge is -2.20. The molecule has 0 unspecified atom stereocenters. The van der Waals surface area contributed by atoms with Gasteiger partial charge in [0.05, 0.1) is 19.4 Å². The van der Waals surface area contributed by atoms with Crippen LogP contribution < -0.4 is 10.1 Å². The molecule has 1 fully saturated rings. The van der Waals surface area contributed by atoms with E-state index in [-0.39, 0.29) is 11.7 Å². The van der Waals surface area contributed by atoms with Gasteiger partial charge in [0.2, 0.25) is 11.8 Å². The number of thioether (sulfide) groups is 1. The highest BCUT2D eigenvalue weighted by atomic mass is 32.2. The number of benzene rings is 1. The first-order chi connectivity index (χ1) is 17.0. The van der Waals surface area contributed by atoms with E-state index < -0.39 is 11.8 Å². The highest BCUT2D eigenvalue weighted by molar-refractivity contribution is 7.99. The number of likely N-dealkylation sites (tertiary alicyclic amines) is 1. The molecule has 1 saturated heterocycles. The van der Waals surface area contributed by atoms with Crippen LogP contribution in [0, 0.1) is 0 Å². The van der Waals surface area contributed by atoms with Crippen LogP contribution in [0.4, 0.5) is 0 Å². The molecule has 1 aliphatic rings. The number of carbonyl (C=O) groups excluding carboxylic acids is 3. The molecule has 1 aliphatic heterocycles. The summed E-state index contributed by atoms with van der Waals surface area (Å²) in [5.41, 5.74) is 0.352. The Morgan fingerprint density at radius 2 is 1.91 bits per heavy atom. The fourth-order valence-corrected chi connectivity index (χ4v) is 4.46. The third-order valence-electron chi connectivity index (χ3n) is 5.52. The van der Waals surface area contributed by atoms with Crippen molar-refractivity contribution in [3.63, 3.8) is 0 Å². The summed E-state index contributed by atoms with van der Waals surface area (Å²) in [6, 6.07) is 11.9. The lowest BCUT2D eigenvalue weighted by atomic mass is 10.2. The van der Waals surface area contributed by atoms with E-state index in [1.54, 1.807) is 46.0 Å². The molecule has 0 aliphatic carbocycles. The molecule has 182 valence electrons. The number of hydrogen-bond acceptors (Lipinski definition) is 8. The topological polar surface area (TPSA) is 119 Å². The summed E-state index contributed by atoms with van der Waals surface area (Å²) in [6.07, 6.45) is 5.06. The largest absolute Gasteiger partial charge is 0.497 e. The number of hydrogen-bond donors (Lipinski definition) is 1. The van der Waals surface area contributed by atoms with Crippen molar-refractivity contribution in [1.82, 2.24) is 30.0 Å². The fraction of sp³-hybridized carbons (Fsp3) is 0.333. The molecule has 4 rings (SSSR count). The Balaban J connectivity index is 1.46. The second kappa shape index (κ2) is 11.6. The van der Waals surface area contributed by atoms with Gasteiger partial charge in [0.1, 0.15) is 11.6 Å². The quantitative estimate of drug-likeness (QED) is 0.475. The van der Waals surface area contributed by atoms with Gasteiger partial charge in [-0.25, -0.2) is 4.98 Å². The number of rotatable bonds is 8. The molecule has 0 spiro atoms. The van der Waals surface area contributed by atoms with Gasteiger partial charge >= 0.3 is 0 Å². The summed E-state index contributed by atoms with van der Waals surface area (Å²) in [5, 5.41) is 11.4. The van der Waals surface area contributed by atoms with Gasteiger partial charge in [-0.2, -0.15) is 0 Å². The summed E-state index contributed by atoms with van der Waals surface area (Å²) in [7, 11) is 1.54. The van der Waals surface area contributed by atoms with Crippen LogP contribution in [0.5, 0.6) is 5.75 Å². The van der Waals surface area contributed by atoms with E-state index in [0.29, 0.717) is 47.6 Å². The maximum absolute atomic E-state index is 12.5. The molecule has 0 bridgehead atoms. The van der Waals surface area contributed by atoms with E-state index in [2.05, 4.69) is 20.5 Å². The lowest BCUT2D eigenvalue weighted by Crippen LogP contribution is -2.32. The number of methoxy groups -OCH3 is 1. The van der Waals surface area contributed by atoms with Crippen molar-refractivity contribution in [2.24, 2.45) is 0 Å². The zero-order chi connectivity index (χ0) is 24.6. The molecule has 0 saturated carbocycles. The fourth-order valence-electron chi connectivity index (χ4n) is 3.70. The Morgan fingerprint density at radius 1 is 1.09 bits per heavy atom. The molecule has 1 N–H and O–H groups in total. The van der Waals surface area contributed by atoms with Crippen molar-refractivity contribution in [1.29, 1.82) is 0 Å². The Labute approximate surface area is 207 Å². The van der Waals surface area contributed by atoms with Crippen LogP contribution in [0.3, 0.4) is 0 Å². The van der Waals surface area contributed by atoms with Crippen LogP contribution in [0.15, 0.2) is 53.8 Å². The molecule has 11 heteroatoms. The molecule has 0 radical (unpaired) electrons. The Kier molecular flexibility index (Phi) is 8.09. The Bertz CT molecular complexity index is 1180. The van der Waals surface area contributed by atoms with Crippen LogP contribution in [0.25, 0.3) is 5.82 Å². The molecule has 3 amide bonds. The van der Waals surface area contributed by atoms with Gasteiger partial charge in [0, 0.05) is 24.7 Å². The van der Waals surface area contributed by atoms with E-state index in [1.165, 1.54) is 7.11 Å². The van der Waals surface area contributed by atoms with Crippen LogP contribution in [-0.2, 0) is 16.1 Å². The molecular formula is C24H26N6O4S. The summed E-state index contributed by atoms with van der Waals surface area (Å²) >= 11 is 1.14. The monoisotopic (exact) mass is 494 g/mol. The maximum Gasteiger partial charge on any atom is 0.257 e. The number of nitrogens with one attached hydrogen (secondary N) is 1. The number of ether oxygens (including phenoxy) is 1. The highest BCUT2D eigenvalue weighted by Gasteiger charge is 2.23. The summed E-state index contributed by atoms with van der Waals surface area (Å²) < 4.78 is 6.83. The molecule has 0 atom stereocenters. The van der Waals surface area contributed by atoms with E-state index in [1.807, 2.05) is 12.1 Å². The van der Waals surface area contributed by atoms with Gasteiger partial charge in [0.25, 0.3) is 5.91 Å². The standard InChI is InChI=1S/C24H26N6O4S/c1-34-18-11-9-17(10-12-18)23(33)26-21(31)16-35-24-28-27-20(30(24)19-7-4-5-13-25-19)15-29-14-6-2-3-8-22(29)32/h4-5,7,9-13H,2-3,6,8,14-16H2,1H3,(H,26,31,33). The van der Waals surface area contributed by atoms with E-state index in [9.17, 15) is 14.4 Å². The molecule has 3 aromatic rings. The molecule has 10 nitrogen and oxygen atoms in total. The van der Waals surface area contributed by atoms with Crippen molar-refractivity contribution in [3.05, 3.63) is 60.0 Å². The number of carbonyl (C=O) groups is 3. The minimum Gasteiger partial charge on any atom is -0.497 e.